The summed E-state index contributed by atoms with van der Waals surface area (Å²) >= 11 is 2.00. The fourth-order valence-electron chi connectivity index (χ4n) is 14.2. The van der Waals surface area contributed by atoms with E-state index in [2.05, 4.69) is 231 Å². The maximum absolute atomic E-state index is 3.67. The third kappa shape index (κ3) is 7.38. The molecule has 0 N–H and O–H groups in total. The largest absolute Gasteiger partial charge is 0.311 e. The van der Waals surface area contributed by atoms with Gasteiger partial charge in [0.15, 0.2) is 0 Å². The Morgan fingerprint density at radius 3 is 1.54 bits per heavy atom. The molecule has 5 aliphatic rings. The first-order valence-corrected chi connectivity index (χ1v) is 29.0. The molecule has 0 bridgehead atoms. The van der Waals surface area contributed by atoms with Crippen LogP contribution in [0.25, 0.3) is 21.2 Å². The highest BCUT2D eigenvalue weighted by Gasteiger charge is 2.50. The second-order valence-corrected chi connectivity index (χ2v) is 30.7. The van der Waals surface area contributed by atoms with Gasteiger partial charge in [-0.2, -0.15) is 0 Å². The van der Waals surface area contributed by atoms with Crippen LogP contribution in [-0.4, -0.2) is 6.71 Å². The van der Waals surface area contributed by atoms with E-state index in [0.29, 0.717) is 0 Å². The van der Waals surface area contributed by atoms with Crippen molar-refractivity contribution in [1.82, 2.24) is 0 Å². The molecule has 0 fully saturated rings. The number of hydrogen-bond donors (Lipinski definition) is 0. The van der Waals surface area contributed by atoms with Gasteiger partial charge in [0.05, 0.1) is 10.7 Å². The van der Waals surface area contributed by atoms with Gasteiger partial charge in [0.1, 0.15) is 0 Å². The molecule has 0 saturated carbocycles. The summed E-state index contributed by atoms with van der Waals surface area (Å²) in [6.07, 6.45) is 7.00. The number of fused-ring (bicyclic) bond motifs is 9. The summed E-state index contributed by atoms with van der Waals surface area (Å²) in [5.74, 6) is 0. The minimum atomic E-state index is -0.142. The molecule has 6 aromatic carbocycles. The van der Waals surface area contributed by atoms with Crippen LogP contribution in [0.5, 0.6) is 0 Å². The maximum Gasteiger partial charge on any atom is 0.254 e. The molecule has 2 nitrogen and oxygen atoms in total. The van der Waals surface area contributed by atoms with Gasteiger partial charge in [0.25, 0.3) is 6.71 Å². The van der Waals surface area contributed by atoms with E-state index in [1.807, 2.05) is 17.4 Å². The first-order valence-electron chi connectivity index (χ1n) is 28.2. The molecule has 0 amide bonds. The average molecular weight is 993 g/mol. The van der Waals surface area contributed by atoms with Gasteiger partial charge in [-0.1, -0.05) is 167 Å². The zero-order valence-corrected chi connectivity index (χ0v) is 49.1. The molecule has 3 aliphatic carbocycles. The Labute approximate surface area is 450 Å². The van der Waals surface area contributed by atoms with E-state index in [-0.39, 0.29) is 50.0 Å². The highest BCUT2D eigenvalue weighted by molar-refractivity contribution is 7.26. The van der Waals surface area contributed by atoms with Crippen molar-refractivity contribution >= 4 is 78.0 Å². The van der Waals surface area contributed by atoms with Crippen LogP contribution < -0.4 is 26.2 Å². The molecular weight excluding hydrogens is 912 g/mol. The van der Waals surface area contributed by atoms with E-state index in [0.717, 1.165) is 31.2 Å². The molecule has 0 unspecified atom stereocenters. The zero-order valence-electron chi connectivity index (χ0n) is 48.3. The molecule has 0 saturated heterocycles. The van der Waals surface area contributed by atoms with Crippen LogP contribution in [-0.2, 0) is 43.3 Å². The van der Waals surface area contributed by atoms with Gasteiger partial charge in [-0.25, -0.2) is 0 Å². The van der Waals surface area contributed by atoms with Gasteiger partial charge in [0.2, 0.25) is 0 Å². The van der Waals surface area contributed by atoms with E-state index < -0.39 is 0 Å². The fourth-order valence-corrected chi connectivity index (χ4v) is 15.5. The van der Waals surface area contributed by atoms with Crippen molar-refractivity contribution in [3.05, 3.63) is 148 Å². The minimum Gasteiger partial charge on any atom is -0.311 e. The van der Waals surface area contributed by atoms with E-state index in [4.69, 9.17) is 0 Å². The normalized spacial score (nSPS) is 20.2. The van der Waals surface area contributed by atoms with E-state index in [1.165, 1.54) is 123 Å². The lowest BCUT2D eigenvalue weighted by Gasteiger charge is -2.48. The van der Waals surface area contributed by atoms with Crippen LogP contribution in [0.15, 0.2) is 91.0 Å². The Morgan fingerprint density at radius 2 is 0.986 bits per heavy atom. The molecular formula is C70H81BN2S. The number of anilines is 6. The highest BCUT2D eigenvalue weighted by atomic mass is 32.1. The summed E-state index contributed by atoms with van der Waals surface area (Å²) in [6.45, 7) is 44.2. The van der Waals surface area contributed by atoms with E-state index in [9.17, 15) is 0 Å². The molecule has 0 atom stereocenters. The van der Waals surface area contributed by atoms with Crippen LogP contribution >= 0.6 is 11.3 Å². The van der Waals surface area contributed by atoms with Crippen LogP contribution in [0, 0.1) is 12.1 Å². The number of benzene rings is 5. The average Bonchev–Trinajstić information content (AvgIpc) is 3.71. The second kappa shape index (κ2) is 15.7. The van der Waals surface area contributed by atoms with Crippen LogP contribution in [0.4, 0.5) is 33.4 Å². The Morgan fingerprint density at radius 1 is 0.473 bits per heavy atom. The lowest BCUT2D eigenvalue weighted by Crippen LogP contribution is -2.61. The Balaban J connectivity index is 1.28. The van der Waals surface area contributed by atoms with Gasteiger partial charge < -0.3 is 9.80 Å². The predicted octanol–water partition coefficient (Wildman–Crippen LogP) is 17.9. The summed E-state index contributed by atoms with van der Waals surface area (Å²) in [7, 11) is 0. The van der Waals surface area contributed by atoms with Gasteiger partial charge >= 0.3 is 0 Å². The lowest BCUT2D eigenvalue weighted by atomic mass is 9.33. The summed E-state index contributed by atoms with van der Waals surface area (Å²) in [5, 5.41) is 2.76. The Kier molecular flexibility index (Phi) is 10.5. The summed E-state index contributed by atoms with van der Waals surface area (Å²) in [6, 6.07) is 44.5. The van der Waals surface area contributed by atoms with Crippen LogP contribution in [0.3, 0.4) is 0 Å². The minimum absolute atomic E-state index is 0.00120. The smallest absolute Gasteiger partial charge is 0.254 e. The van der Waals surface area contributed by atoms with E-state index >= 15 is 0 Å². The Bertz CT molecular complexity index is 3490. The molecule has 0 radical (unpaired) electrons. The van der Waals surface area contributed by atoms with Gasteiger partial charge in [0, 0.05) is 38.6 Å². The van der Waals surface area contributed by atoms with Gasteiger partial charge in [-0.3, -0.25) is 0 Å². The lowest BCUT2D eigenvalue weighted by molar-refractivity contribution is 0.332. The number of thiophene rings is 1. The monoisotopic (exact) mass is 993 g/mol. The molecule has 12 rings (SSSR count). The Hall–Kier alpha value is -5.24. The van der Waals surface area contributed by atoms with Crippen molar-refractivity contribution in [2.24, 2.45) is 0 Å². The molecule has 0 spiro atoms. The van der Waals surface area contributed by atoms with Gasteiger partial charge in [-0.15, -0.1) is 11.3 Å². The SMILES string of the molecule is CC(C)(C)c1cc2c3c(c1)N(c1ccc4c(c1)C(C)(C)CCC4(C)C)c1sc4ccc(C(C)(C)C)cc4c1B3c1cc3c(cc1N2c1cc2c(cc1-c1c#cccc1)C(C)(C)CCC2(C)C)C(C)(C)CCC3(C)C. The molecule has 4 heteroatoms. The van der Waals surface area contributed by atoms with Crippen molar-refractivity contribution in [2.75, 3.05) is 9.80 Å². The third-order valence-corrected chi connectivity index (χ3v) is 20.8. The van der Waals surface area contributed by atoms with Crippen LogP contribution in [0.2, 0.25) is 0 Å². The second-order valence-electron chi connectivity index (χ2n) is 29.7. The van der Waals surface area contributed by atoms with Crippen molar-refractivity contribution in [1.29, 1.82) is 0 Å². The van der Waals surface area contributed by atoms with Crippen molar-refractivity contribution in [3.8, 4) is 11.1 Å². The quantitative estimate of drug-likeness (QED) is 0.163. The molecule has 1 aromatic heterocycles. The molecule has 380 valence electrons. The van der Waals surface area contributed by atoms with Crippen molar-refractivity contribution in [2.45, 2.75) is 206 Å². The summed E-state index contributed by atoms with van der Waals surface area (Å²) in [4.78, 5) is 5.52. The van der Waals surface area contributed by atoms with Crippen molar-refractivity contribution in [3.63, 3.8) is 0 Å². The topological polar surface area (TPSA) is 6.48 Å². The zero-order chi connectivity index (χ0) is 52.8. The number of nitrogens with zero attached hydrogens (tertiary/aromatic N) is 2. The number of rotatable bonds is 3. The number of hydrogen-bond acceptors (Lipinski definition) is 3. The first-order chi connectivity index (χ1) is 34.4. The maximum atomic E-state index is 3.67. The highest BCUT2D eigenvalue weighted by Crippen LogP contribution is 2.57. The van der Waals surface area contributed by atoms with Crippen molar-refractivity contribution < 1.29 is 0 Å². The third-order valence-electron chi connectivity index (χ3n) is 19.6. The molecule has 7 aromatic rings. The fraction of sp³-hybridized carbons (Fsp3) is 0.457. The molecule has 74 heavy (non-hydrogen) atoms. The summed E-state index contributed by atoms with van der Waals surface area (Å²) < 4.78 is 1.36. The summed E-state index contributed by atoms with van der Waals surface area (Å²) in [5.41, 5.74) is 24.8. The van der Waals surface area contributed by atoms with E-state index in [1.54, 1.807) is 0 Å². The molecule has 2 aliphatic heterocycles. The molecule has 3 heterocycles. The predicted molar refractivity (Wildman–Crippen MR) is 322 cm³/mol. The van der Waals surface area contributed by atoms with Crippen LogP contribution in [0.1, 0.15) is 208 Å². The first kappa shape index (κ1) is 49.6. The van der Waals surface area contributed by atoms with Gasteiger partial charge in [-0.05, 0) is 209 Å². The standard InChI is InChI=1S/C70H81BN2S/c1-63(2,3)43-24-27-59-47(34-43)60-62(74-59)72(45-25-26-48-49(37-45)66(9,10)29-28-65(48,7)8)57-35-44(64(4,5)6)36-58-61(57)71(60)54-39-51-53(70(17,18)33-31-68(51,13)14)41-56(54)73(58)55-40-52-50(67(11,12)30-32-69(52,15)16)38-46(55)42-22-20-19-21-23-42/h19-20,22,24-27,34-41H,28-33H2,1-18H3.